The van der Waals surface area contributed by atoms with Gasteiger partial charge < -0.3 is 10.2 Å². The average Bonchev–Trinajstić information content (AvgIpc) is 2.84. The molecule has 4 heteroatoms. The highest BCUT2D eigenvalue weighted by atomic mass is 15.3. The molecule has 0 unspecified atom stereocenters. The van der Waals surface area contributed by atoms with Gasteiger partial charge in [0.25, 0.3) is 0 Å². The van der Waals surface area contributed by atoms with Gasteiger partial charge in [-0.2, -0.15) is 5.10 Å². The molecule has 0 saturated heterocycles. The topological polar surface area (TPSA) is 41.0 Å². The molecule has 92 valence electrons. The molecule has 0 radical (unpaired) electrons. The van der Waals surface area contributed by atoms with Crippen LogP contribution in [0.2, 0.25) is 0 Å². The molecular formula is C14H16N4. The summed E-state index contributed by atoms with van der Waals surface area (Å²) in [5, 5.41) is 11.6. The van der Waals surface area contributed by atoms with E-state index in [1.807, 2.05) is 19.2 Å². The highest BCUT2D eigenvalue weighted by molar-refractivity contribution is 5.46. The molecule has 1 aromatic carbocycles. The summed E-state index contributed by atoms with van der Waals surface area (Å²) in [5.74, 6) is 0.950. The second-order valence-corrected chi connectivity index (χ2v) is 4.54. The van der Waals surface area contributed by atoms with Crippen LogP contribution in [0.5, 0.6) is 0 Å². The van der Waals surface area contributed by atoms with Crippen molar-refractivity contribution < 1.29 is 0 Å². The standard InChI is InChI=1S/C14H16N4/c1-15-8-13-6-7-14(17-16-13)18-9-11-4-2-3-5-12(11)10-18/h2-7,15H,8-10H2,1H3. The molecule has 0 bridgehead atoms. The molecule has 1 aromatic heterocycles. The molecule has 0 fully saturated rings. The lowest BCUT2D eigenvalue weighted by Crippen LogP contribution is -2.17. The molecule has 1 aliphatic heterocycles. The summed E-state index contributed by atoms with van der Waals surface area (Å²) in [4.78, 5) is 2.25. The lowest BCUT2D eigenvalue weighted by Gasteiger charge is -2.15. The van der Waals surface area contributed by atoms with Crippen molar-refractivity contribution in [2.45, 2.75) is 19.6 Å². The minimum Gasteiger partial charge on any atom is -0.346 e. The minimum atomic E-state index is 0.757. The first-order valence-corrected chi connectivity index (χ1v) is 6.16. The highest BCUT2D eigenvalue weighted by Crippen LogP contribution is 2.26. The largest absolute Gasteiger partial charge is 0.346 e. The number of rotatable bonds is 3. The summed E-state index contributed by atoms with van der Waals surface area (Å²) in [6.45, 7) is 2.61. The zero-order valence-electron chi connectivity index (χ0n) is 10.4. The zero-order valence-corrected chi connectivity index (χ0v) is 10.4. The normalized spacial score (nSPS) is 13.7. The third-order valence-corrected chi connectivity index (χ3v) is 3.23. The molecule has 18 heavy (non-hydrogen) atoms. The maximum Gasteiger partial charge on any atom is 0.151 e. The van der Waals surface area contributed by atoms with Crippen LogP contribution in [0.4, 0.5) is 5.82 Å². The number of nitrogens with one attached hydrogen (secondary N) is 1. The van der Waals surface area contributed by atoms with Gasteiger partial charge >= 0.3 is 0 Å². The van der Waals surface area contributed by atoms with Crippen molar-refractivity contribution in [1.29, 1.82) is 0 Å². The first-order chi connectivity index (χ1) is 8.86. The molecule has 2 heterocycles. The smallest absolute Gasteiger partial charge is 0.151 e. The number of nitrogens with zero attached hydrogens (tertiary/aromatic N) is 3. The number of fused-ring (bicyclic) bond motifs is 1. The maximum atomic E-state index is 4.30. The second-order valence-electron chi connectivity index (χ2n) is 4.54. The monoisotopic (exact) mass is 240 g/mol. The van der Waals surface area contributed by atoms with E-state index in [0.29, 0.717) is 0 Å². The van der Waals surface area contributed by atoms with Crippen LogP contribution in [0.1, 0.15) is 16.8 Å². The molecule has 0 spiro atoms. The highest BCUT2D eigenvalue weighted by Gasteiger charge is 2.19. The number of anilines is 1. The maximum absolute atomic E-state index is 4.30. The van der Waals surface area contributed by atoms with Crippen molar-refractivity contribution in [2.75, 3.05) is 11.9 Å². The Hall–Kier alpha value is -1.94. The third-order valence-electron chi connectivity index (χ3n) is 3.23. The lowest BCUT2D eigenvalue weighted by molar-refractivity contribution is 0.754. The summed E-state index contributed by atoms with van der Waals surface area (Å²) < 4.78 is 0. The van der Waals surface area contributed by atoms with Gasteiger partial charge in [0.15, 0.2) is 5.82 Å². The van der Waals surface area contributed by atoms with E-state index in [4.69, 9.17) is 0 Å². The van der Waals surface area contributed by atoms with Crippen molar-refractivity contribution in [3.05, 3.63) is 53.2 Å². The minimum absolute atomic E-state index is 0.757. The Morgan fingerprint density at radius 3 is 2.33 bits per heavy atom. The van der Waals surface area contributed by atoms with Crippen LogP contribution in [0, 0.1) is 0 Å². The molecule has 0 atom stereocenters. The van der Waals surface area contributed by atoms with E-state index in [2.05, 4.69) is 44.7 Å². The predicted octanol–water partition coefficient (Wildman–Crippen LogP) is 1.72. The quantitative estimate of drug-likeness (QED) is 0.887. The first kappa shape index (κ1) is 11.2. The van der Waals surface area contributed by atoms with Gasteiger partial charge in [0.2, 0.25) is 0 Å². The van der Waals surface area contributed by atoms with E-state index in [0.717, 1.165) is 31.1 Å². The van der Waals surface area contributed by atoms with Gasteiger partial charge in [-0.25, -0.2) is 0 Å². The van der Waals surface area contributed by atoms with Gasteiger partial charge in [0.1, 0.15) is 0 Å². The molecule has 3 rings (SSSR count). The van der Waals surface area contributed by atoms with Crippen LogP contribution in [0.15, 0.2) is 36.4 Å². The zero-order chi connectivity index (χ0) is 12.4. The fraction of sp³-hybridized carbons (Fsp3) is 0.286. The Kier molecular flexibility index (Phi) is 2.94. The average molecular weight is 240 g/mol. The Morgan fingerprint density at radius 2 is 1.78 bits per heavy atom. The number of hydrogen-bond donors (Lipinski definition) is 1. The Balaban J connectivity index is 1.78. The second kappa shape index (κ2) is 4.74. The third kappa shape index (κ3) is 2.07. The van der Waals surface area contributed by atoms with Crippen molar-refractivity contribution in [1.82, 2.24) is 15.5 Å². The van der Waals surface area contributed by atoms with E-state index in [-0.39, 0.29) is 0 Å². The van der Waals surface area contributed by atoms with Crippen molar-refractivity contribution >= 4 is 5.82 Å². The molecule has 1 N–H and O–H groups in total. The van der Waals surface area contributed by atoms with Crippen LogP contribution >= 0.6 is 0 Å². The fourth-order valence-electron chi connectivity index (χ4n) is 2.29. The Labute approximate surface area is 107 Å². The van der Waals surface area contributed by atoms with Crippen LogP contribution in [-0.2, 0) is 19.6 Å². The van der Waals surface area contributed by atoms with Gasteiger partial charge in [0, 0.05) is 19.6 Å². The van der Waals surface area contributed by atoms with Crippen LogP contribution in [-0.4, -0.2) is 17.2 Å². The molecule has 2 aromatic rings. The summed E-state index contributed by atoms with van der Waals surface area (Å²) in [7, 11) is 1.91. The summed E-state index contributed by atoms with van der Waals surface area (Å²) in [6.07, 6.45) is 0. The van der Waals surface area contributed by atoms with Crippen molar-refractivity contribution in [3.63, 3.8) is 0 Å². The Bertz CT molecular complexity index is 511. The molecule has 0 aliphatic carbocycles. The van der Waals surface area contributed by atoms with E-state index in [9.17, 15) is 0 Å². The lowest BCUT2D eigenvalue weighted by atomic mass is 10.1. The van der Waals surface area contributed by atoms with Crippen LogP contribution in [0.3, 0.4) is 0 Å². The van der Waals surface area contributed by atoms with E-state index in [1.54, 1.807) is 0 Å². The van der Waals surface area contributed by atoms with E-state index in [1.165, 1.54) is 11.1 Å². The summed E-state index contributed by atoms with van der Waals surface area (Å²) >= 11 is 0. The van der Waals surface area contributed by atoms with Crippen LogP contribution < -0.4 is 10.2 Å². The van der Waals surface area contributed by atoms with E-state index < -0.39 is 0 Å². The van der Waals surface area contributed by atoms with Gasteiger partial charge in [-0.1, -0.05) is 24.3 Å². The molecule has 0 amide bonds. The first-order valence-electron chi connectivity index (χ1n) is 6.16. The van der Waals surface area contributed by atoms with Crippen LogP contribution in [0.25, 0.3) is 0 Å². The molecule has 4 nitrogen and oxygen atoms in total. The van der Waals surface area contributed by atoms with Crippen molar-refractivity contribution in [3.8, 4) is 0 Å². The van der Waals surface area contributed by atoms with Gasteiger partial charge in [-0.3, -0.25) is 0 Å². The van der Waals surface area contributed by atoms with Crippen molar-refractivity contribution in [2.24, 2.45) is 0 Å². The van der Waals surface area contributed by atoms with Gasteiger partial charge in [-0.05, 0) is 30.3 Å². The van der Waals surface area contributed by atoms with Gasteiger partial charge in [-0.15, -0.1) is 5.10 Å². The predicted molar refractivity (Wildman–Crippen MR) is 71.1 cm³/mol. The molecule has 1 aliphatic rings. The summed E-state index contributed by atoms with van der Waals surface area (Å²) in [6, 6.07) is 12.6. The Morgan fingerprint density at radius 1 is 1.06 bits per heavy atom. The van der Waals surface area contributed by atoms with Gasteiger partial charge in [0.05, 0.1) is 5.69 Å². The SMILES string of the molecule is CNCc1ccc(N2Cc3ccccc3C2)nn1. The summed E-state index contributed by atoms with van der Waals surface area (Å²) in [5.41, 5.74) is 3.75. The number of hydrogen-bond acceptors (Lipinski definition) is 4. The fourth-order valence-corrected chi connectivity index (χ4v) is 2.29. The molecule has 0 saturated carbocycles. The number of benzene rings is 1. The molecular weight excluding hydrogens is 224 g/mol. The number of aromatic nitrogens is 2. The van der Waals surface area contributed by atoms with E-state index >= 15 is 0 Å².